The largest absolute Gasteiger partial charge is 0.496 e. The average molecular weight is 251 g/mol. The smallest absolute Gasteiger partial charge is 0.308 e. The van der Waals surface area contributed by atoms with Crippen LogP contribution >= 0.6 is 0 Å². The fourth-order valence-corrected chi connectivity index (χ4v) is 1.43. The van der Waals surface area contributed by atoms with Gasteiger partial charge in [0.15, 0.2) is 0 Å². The minimum Gasteiger partial charge on any atom is -0.496 e. The number of carbonyl (C=O) groups excluding carboxylic acids is 1. The number of aliphatic carboxylic acids is 1. The van der Waals surface area contributed by atoms with Gasteiger partial charge in [-0.1, -0.05) is 18.6 Å². The fraction of sp³-hybridized carbons (Fsp3) is 0.385. The second-order valence-corrected chi connectivity index (χ2v) is 4.15. The maximum absolute atomic E-state index is 11.9. The van der Waals surface area contributed by atoms with Crippen LogP contribution in [0.3, 0.4) is 0 Å². The van der Waals surface area contributed by atoms with Crippen LogP contribution in [0.1, 0.15) is 22.8 Å². The molecule has 98 valence electrons. The number of aryl methyl sites for hydroxylation is 1. The Kier molecular flexibility index (Phi) is 4.71. The third-order valence-electron chi connectivity index (χ3n) is 2.59. The van der Waals surface area contributed by atoms with Gasteiger partial charge in [-0.3, -0.25) is 9.59 Å². The van der Waals surface area contributed by atoms with E-state index in [9.17, 15) is 9.59 Å². The average Bonchev–Trinajstić information content (AvgIpc) is 2.35. The minimum atomic E-state index is -0.938. The van der Waals surface area contributed by atoms with Gasteiger partial charge in [0.1, 0.15) is 5.75 Å². The standard InChI is InChI=1S/C13H17NO4/c1-8-4-5-11(18-3)10(6-8)12(15)14-7-9(2)13(16)17/h4-6,9H,7H2,1-3H3,(H,14,15)(H,16,17). The van der Waals surface area contributed by atoms with Gasteiger partial charge in [0, 0.05) is 6.54 Å². The number of nitrogens with one attached hydrogen (secondary N) is 1. The van der Waals surface area contributed by atoms with E-state index in [1.165, 1.54) is 14.0 Å². The molecule has 0 saturated carbocycles. The summed E-state index contributed by atoms with van der Waals surface area (Å²) in [6, 6.07) is 5.26. The van der Waals surface area contributed by atoms with Crippen molar-refractivity contribution >= 4 is 11.9 Å². The van der Waals surface area contributed by atoms with E-state index in [0.717, 1.165) is 5.56 Å². The Morgan fingerprint density at radius 1 is 1.44 bits per heavy atom. The van der Waals surface area contributed by atoms with Crippen LogP contribution in [0, 0.1) is 12.8 Å². The number of rotatable bonds is 5. The second-order valence-electron chi connectivity index (χ2n) is 4.15. The molecule has 0 aliphatic heterocycles. The summed E-state index contributed by atoms with van der Waals surface area (Å²) in [5.41, 5.74) is 1.35. The molecule has 0 fully saturated rings. The highest BCUT2D eigenvalue weighted by molar-refractivity contribution is 5.97. The second kappa shape index (κ2) is 6.05. The molecule has 0 bridgehead atoms. The molecule has 0 saturated heterocycles. The number of hydrogen-bond acceptors (Lipinski definition) is 3. The van der Waals surface area contributed by atoms with E-state index >= 15 is 0 Å². The molecule has 0 aliphatic rings. The van der Waals surface area contributed by atoms with Gasteiger partial charge < -0.3 is 15.2 Å². The van der Waals surface area contributed by atoms with Crippen LogP contribution in [-0.2, 0) is 4.79 Å². The van der Waals surface area contributed by atoms with Gasteiger partial charge in [-0.05, 0) is 19.1 Å². The predicted octanol–water partition coefficient (Wildman–Crippen LogP) is 1.45. The summed E-state index contributed by atoms with van der Waals surface area (Å²) >= 11 is 0. The van der Waals surface area contributed by atoms with E-state index in [1.54, 1.807) is 12.1 Å². The Bertz CT molecular complexity index is 456. The third-order valence-corrected chi connectivity index (χ3v) is 2.59. The number of ether oxygens (including phenoxy) is 1. The third kappa shape index (κ3) is 3.48. The first-order valence-corrected chi connectivity index (χ1v) is 5.61. The molecule has 1 rings (SSSR count). The Morgan fingerprint density at radius 3 is 2.67 bits per heavy atom. The first-order chi connectivity index (χ1) is 8.45. The summed E-state index contributed by atoms with van der Waals surface area (Å²) in [4.78, 5) is 22.6. The van der Waals surface area contributed by atoms with Gasteiger partial charge in [0.05, 0.1) is 18.6 Å². The van der Waals surface area contributed by atoms with Crippen molar-refractivity contribution < 1.29 is 19.4 Å². The maximum Gasteiger partial charge on any atom is 0.308 e. The topological polar surface area (TPSA) is 75.6 Å². The highest BCUT2D eigenvalue weighted by Crippen LogP contribution is 2.19. The SMILES string of the molecule is COc1ccc(C)cc1C(=O)NCC(C)C(=O)O. The van der Waals surface area contributed by atoms with E-state index < -0.39 is 11.9 Å². The number of amides is 1. The van der Waals surface area contributed by atoms with Crippen molar-refractivity contribution in [1.82, 2.24) is 5.32 Å². The maximum atomic E-state index is 11.9. The number of carbonyl (C=O) groups is 2. The Hall–Kier alpha value is -2.04. The number of carboxylic acids is 1. The molecule has 18 heavy (non-hydrogen) atoms. The number of hydrogen-bond donors (Lipinski definition) is 2. The molecular formula is C13H17NO4. The van der Waals surface area contributed by atoms with Crippen LogP contribution in [0.15, 0.2) is 18.2 Å². The molecule has 0 aromatic heterocycles. The molecule has 5 nitrogen and oxygen atoms in total. The summed E-state index contributed by atoms with van der Waals surface area (Å²) < 4.78 is 5.10. The Labute approximate surface area is 106 Å². The molecule has 2 N–H and O–H groups in total. The van der Waals surface area contributed by atoms with E-state index in [2.05, 4.69) is 5.32 Å². The lowest BCUT2D eigenvalue weighted by Crippen LogP contribution is -2.31. The van der Waals surface area contributed by atoms with Crippen molar-refractivity contribution in [2.24, 2.45) is 5.92 Å². The van der Waals surface area contributed by atoms with Gasteiger partial charge in [-0.15, -0.1) is 0 Å². The molecule has 1 amide bonds. The van der Waals surface area contributed by atoms with Crippen LogP contribution < -0.4 is 10.1 Å². The zero-order chi connectivity index (χ0) is 13.7. The van der Waals surface area contributed by atoms with E-state index in [4.69, 9.17) is 9.84 Å². The lowest BCUT2D eigenvalue weighted by Gasteiger charge is -2.11. The van der Waals surface area contributed by atoms with Gasteiger partial charge in [-0.2, -0.15) is 0 Å². The summed E-state index contributed by atoms with van der Waals surface area (Å²) in [7, 11) is 1.49. The summed E-state index contributed by atoms with van der Waals surface area (Å²) in [5.74, 6) is -1.42. The zero-order valence-corrected chi connectivity index (χ0v) is 10.7. The number of methoxy groups -OCH3 is 1. The van der Waals surface area contributed by atoms with Crippen molar-refractivity contribution in [3.63, 3.8) is 0 Å². The predicted molar refractivity (Wildman–Crippen MR) is 66.9 cm³/mol. The van der Waals surface area contributed by atoms with Crippen LogP contribution in [0.4, 0.5) is 0 Å². The Balaban J connectivity index is 2.78. The zero-order valence-electron chi connectivity index (χ0n) is 10.7. The van der Waals surface area contributed by atoms with Crippen molar-refractivity contribution in [1.29, 1.82) is 0 Å². The summed E-state index contributed by atoms with van der Waals surface area (Å²) in [5, 5.41) is 11.3. The monoisotopic (exact) mass is 251 g/mol. The van der Waals surface area contributed by atoms with Gasteiger partial charge >= 0.3 is 5.97 Å². The molecule has 0 aliphatic carbocycles. The normalized spacial score (nSPS) is 11.7. The molecule has 1 aromatic carbocycles. The van der Waals surface area contributed by atoms with Crippen LogP contribution in [-0.4, -0.2) is 30.6 Å². The lowest BCUT2D eigenvalue weighted by atomic mass is 10.1. The van der Waals surface area contributed by atoms with Crippen LogP contribution in [0.25, 0.3) is 0 Å². The van der Waals surface area contributed by atoms with E-state index in [0.29, 0.717) is 11.3 Å². The highest BCUT2D eigenvalue weighted by atomic mass is 16.5. The van der Waals surface area contributed by atoms with Gasteiger partial charge in [-0.25, -0.2) is 0 Å². The lowest BCUT2D eigenvalue weighted by molar-refractivity contribution is -0.140. The highest BCUT2D eigenvalue weighted by Gasteiger charge is 2.15. The minimum absolute atomic E-state index is 0.0886. The molecule has 1 unspecified atom stereocenters. The molecule has 1 atom stereocenters. The molecule has 0 spiro atoms. The van der Waals surface area contributed by atoms with E-state index in [-0.39, 0.29) is 12.5 Å². The first kappa shape index (κ1) is 14.0. The first-order valence-electron chi connectivity index (χ1n) is 5.61. The molecule has 0 heterocycles. The molecule has 1 aromatic rings. The number of benzene rings is 1. The van der Waals surface area contributed by atoms with Crippen molar-refractivity contribution in [2.75, 3.05) is 13.7 Å². The molecular weight excluding hydrogens is 234 g/mol. The Morgan fingerprint density at radius 2 is 2.11 bits per heavy atom. The quantitative estimate of drug-likeness (QED) is 0.830. The van der Waals surface area contributed by atoms with Gasteiger partial charge in [0.2, 0.25) is 0 Å². The number of carboxylic acid groups (broad SMARTS) is 1. The summed E-state index contributed by atoms with van der Waals surface area (Å²) in [6.45, 7) is 3.50. The summed E-state index contributed by atoms with van der Waals surface area (Å²) in [6.07, 6.45) is 0. The van der Waals surface area contributed by atoms with E-state index in [1.807, 2.05) is 13.0 Å². The van der Waals surface area contributed by atoms with Gasteiger partial charge in [0.25, 0.3) is 5.91 Å². The molecule has 0 radical (unpaired) electrons. The van der Waals surface area contributed by atoms with Crippen molar-refractivity contribution in [3.05, 3.63) is 29.3 Å². The van der Waals surface area contributed by atoms with Crippen LogP contribution in [0.5, 0.6) is 5.75 Å². The van der Waals surface area contributed by atoms with Crippen molar-refractivity contribution in [3.8, 4) is 5.75 Å². The van der Waals surface area contributed by atoms with Crippen molar-refractivity contribution in [2.45, 2.75) is 13.8 Å². The van der Waals surface area contributed by atoms with Crippen LogP contribution in [0.2, 0.25) is 0 Å². The fourth-order valence-electron chi connectivity index (χ4n) is 1.43. The molecule has 5 heteroatoms.